The van der Waals surface area contributed by atoms with Gasteiger partial charge in [-0.2, -0.15) is 5.10 Å². The normalized spacial score (nSPS) is 26.0. The Morgan fingerprint density at radius 1 is 1.27 bits per heavy atom. The lowest BCUT2D eigenvalue weighted by atomic mass is 9.95. The predicted octanol–water partition coefficient (Wildman–Crippen LogP) is 1.85. The van der Waals surface area contributed by atoms with Crippen LogP contribution in [0.25, 0.3) is 0 Å². The molecule has 3 aliphatic rings. The van der Waals surface area contributed by atoms with Crippen LogP contribution in [-0.2, 0) is 16.0 Å². The molecule has 1 fully saturated rings. The molecule has 1 saturated carbocycles. The molecule has 1 N–H and O–H groups in total. The summed E-state index contributed by atoms with van der Waals surface area (Å²) in [4.78, 5) is 25.5. The number of nitrogens with one attached hydrogen (secondary N) is 1. The molecule has 2 amide bonds. The number of fused-ring (bicyclic) bond motifs is 2. The second-order valence-corrected chi connectivity index (χ2v) is 6.31. The third-order valence-corrected chi connectivity index (χ3v) is 4.79. The number of hydrazone groups is 1. The first kappa shape index (κ1) is 13.5. The van der Waals surface area contributed by atoms with Crippen LogP contribution in [0, 0.1) is 11.8 Å². The number of carbonyl (C=O) groups is 2. The summed E-state index contributed by atoms with van der Waals surface area (Å²) in [6.45, 7) is 2.86. The molecule has 1 aromatic carbocycles. The van der Waals surface area contributed by atoms with Crippen molar-refractivity contribution in [3.8, 4) is 0 Å². The summed E-state index contributed by atoms with van der Waals surface area (Å²) in [6.07, 6.45) is 3.22. The number of rotatable bonds is 3. The molecule has 5 heteroatoms. The van der Waals surface area contributed by atoms with Gasteiger partial charge in [0, 0.05) is 30.5 Å². The fraction of sp³-hybridized carbons (Fsp3) is 0.471. The van der Waals surface area contributed by atoms with Gasteiger partial charge in [-0.1, -0.05) is 13.0 Å². The van der Waals surface area contributed by atoms with Gasteiger partial charge in [-0.15, -0.1) is 0 Å². The van der Waals surface area contributed by atoms with E-state index in [0.717, 1.165) is 42.8 Å². The Kier molecular flexibility index (Phi) is 3.03. The molecule has 0 spiro atoms. The monoisotopic (exact) mass is 297 g/mol. The quantitative estimate of drug-likeness (QED) is 0.925. The highest BCUT2D eigenvalue weighted by Crippen LogP contribution is 2.44. The molecule has 2 atom stereocenters. The van der Waals surface area contributed by atoms with Crippen LogP contribution in [-0.4, -0.2) is 24.1 Å². The molecular weight excluding hydrogens is 278 g/mol. The van der Waals surface area contributed by atoms with Crippen molar-refractivity contribution in [2.24, 2.45) is 16.9 Å². The molecule has 2 heterocycles. The van der Waals surface area contributed by atoms with Gasteiger partial charge < -0.3 is 4.90 Å². The van der Waals surface area contributed by atoms with Gasteiger partial charge in [0.05, 0.1) is 5.71 Å². The summed E-state index contributed by atoms with van der Waals surface area (Å²) in [5.74, 6) is 0.656. The summed E-state index contributed by atoms with van der Waals surface area (Å²) < 4.78 is 0. The van der Waals surface area contributed by atoms with Gasteiger partial charge in [-0.3, -0.25) is 9.59 Å². The van der Waals surface area contributed by atoms with Gasteiger partial charge in [0.15, 0.2) is 0 Å². The molecule has 114 valence electrons. The Labute approximate surface area is 129 Å². The number of carbonyl (C=O) groups excluding carboxylic acids is 2. The van der Waals surface area contributed by atoms with Crippen LogP contribution in [0.1, 0.15) is 37.3 Å². The van der Waals surface area contributed by atoms with Crippen molar-refractivity contribution in [2.75, 3.05) is 11.4 Å². The average molecular weight is 297 g/mol. The van der Waals surface area contributed by atoms with E-state index < -0.39 is 0 Å². The number of benzene rings is 1. The Bertz CT molecular complexity index is 695. The Morgan fingerprint density at radius 3 is 2.95 bits per heavy atom. The minimum Gasteiger partial charge on any atom is -0.312 e. The van der Waals surface area contributed by atoms with E-state index in [1.807, 2.05) is 17.0 Å². The lowest BCUT2D eigenvalue weighted by Gasteiger charge is -2.29. The minimum absolute atomic E-state index is 0.0476. The van der Waals surface area contributed by atoms with E-state index in [1.165, 1.54) is 5.56 Å². The molecule has 2 unspecified atom stereocenters. The standard InChI is InChI=1S/C17H19N3O2/c1-2-7-20-14-5-3-11(8-10(14)4-6-15(20)21)16-12-9-13(12)17(22)19-18-16/h3,5,8,12-13H,2,4,6-7,9H2,1H3,(H,19,22). The third kappa shape index (κ3) is 2.03. The summed E-state index contributed by atoms with van der Waals surface area (Å²) in [7, 11) is 0. The topological polar surface area (TPSA) is 61.8 Å². The van der Waals surface area contributed by atoms with Crippen molar-refractivity contribution >= 4 is 23.2 Å². The largest absolute Gasteiger partial charge is 0.312 e. The van der Waals surface area contributed by atoms with Crippen LogP contribution in [0.3, 0.4) is 0 Å². The lowest BCUT2D eigenvalue weighted by molar-refractivity contribution is -0.122. The van der Waals surface area contributed by atoms with Crippen LogP contribution < -0.4 is 10.3 Å². The molecule has 0 radical (unpaired) electrons. The highest BCUT2D eigenvalue weighted by molar-refractivity contribution is 6.10. The van der Waals surface area contributed by atoms with E-state index in [9.17, 15) is 9.59 Å². The first-order chi connectivity index (χ1) is 10.7. The third-order valence-electron chi connectivity index (χ3n) is 4.79. The van der Waals surface area contributed by atoms with Gasteiger partial charge in [-0.05, 0) is 42.5 Å². The van der Waals surface area contributed by atoms with Crippen LogP contribution in [0.15, 0.2) is 23.3 Å². The molecule has 4 rings (SSSR count). The Balaban J connectivity index is 1.68. The average Bonchev–Trinajstić information content (AvgIpc) is 3.32. The maximum Gasteiger partial charge on any atom is 0.243 e. The van der Waals surface area contributed by atoms with E-state index >= 15 is 0 Å². The fourth-order valence-corrected chi connectivity index (χ4v) is 3.53. The maximum atomic E-state index is 12.1. The summed E-state index contributed by atoms with van der Waals surface area (Å²) in [6, 6.07) is 6.22. The Hall–Kier alpha value is -2.17. The second-order valence-electron chi connectivity index (χ2n) is 6.31. The highest BCUT2D eigenvalue weighted by atomic mass is 16.2. The van der Waals surface area contributed by atoms with Crippen molar-refractivity contribution < 1.29 is 9.59 Å². The van der Waals surface area contributed by atoms with E-state index in [4.69, 9.17) is 0 Å². The molecule has 1 aliphatic carbocycles. The number of nitrogens with zero attached hydrogens (tertiary/aromatic N) is 2. The molecule has 0 bridgehead atoms. The van der Waals surface area contributed by atoms with Crippen LogP contribution in [0.4, 0.5) is 5.69 Å². The molecule has 0 saturated heterocycles. The molecule has 5 nitrogen and oxygen atoms in total. The first-order valence-electron chi connectivity index (χ1n) is 8.00. The number of amides is 2. The SMILES string of the molecule is CCCN1C(=O)CCc2cc(C3=NNC(=O)C4CC34)ccc21. The van der Waals surface area contributed by atoms with E-state index in [2.05, 4.69) is 23.5 Å². The van der Waals surface area contributed by atoms with Crippen molar-refractivity contribution in [1.82, 2.24) is 5.43 Å². The molecule has 0 aromatic heterocycles. The van der Waals surface area contributed by atoms with Crippen LogP contribution in [0.5, 0.6) is 0 Å². The first-order valence-corrected chi connectivity index (χ1v) is 8.00. The van der Waals surface area contributed by atoms with Crippen molar-refractivity contribution in [3.63, 3.8) is 0 Å². The van der Waals surface area contributed by atoms with Crippen molar-refractivity contribution in [1.29, 1.82) is 0 Å². The number of aryl methyl sites for hydroxylation is 1. The van der Waals surface area contributed by atoms with Gasteiger partial charge >= 0.3 is 0 Å². The zero-order valence-electron chi connectivity index (χ0n) is 12.6. The second kappa shape index (κ2) is 4.93. The van der Waals surface area contributed by atoms with Crippen molar-refractivity contribution in [3.05, 3.63) is 29.3 Å². The van der Waals surface area contributed by atoms with E-state index in [1.54, 1.807) is 0 Å². The maximum absolute atomic E-state index is 12.1. The van der Waals surface area contributed by atoms with Gasteiger partial charge in [0.25, 0.3) is 0 Å². The van der Waals surface area contributed by atoms with E-state index in [-0.39, 0.29) is 23.7 Å². The highest BCUT2D eigenvalue weighted by Gasteiger charge is 2.49. The summed E-state index contributed by atoms with van der Waals surface area (Å²) in [5, 5.41) is 4.26. The van der Waals surface area contributed by atoms with Crippen LogP contribution >= 0.6 is 0 Å². The van der Waals surface area contributed by atoms with Gasteiger partial charge in [-0.25, -0.2) is 5.43 Å². The van der Waals surface area contributed by atoms with Crippen molar-refractivity contribution in [2.45, 2.75) is 32.6 Å². The number of hydrogen-bond donors (Lipinski definition) is 1. The lowest BCUT2D eigenvalue weighted by Crippen LogP contribution is -2.36. The molecule has 1 aromatic rings. The van der Waals surface area contributed by atoms with Crippen LogP contribution in [0.2, 0.25) is 0 Å². The zero-order chi connectivity index (χ0) is 15.3. The van der Waals surface area contributed by atoms with Gasteiger partial charge in [0.2, 0.25) is 11.8 Å². The van der Waals surface area contributed by atoms with Gasteiger partial charge in [0.1, 0.15) is 0 Å². The van der Waals surface area contributed by atoms with E-state index in [0.29, 0.717) is 6.42 Å². The Morgan fingerprint density at radius 2 is 2.14 bits per heavy atom. The molecule has 2 aliphatic heterocycles. The molecular formula is C17H19N3O2. The number of hydrogen-bond acceptors (Lipinski definition) is 3. The summed E-state index contributed by atoms with van der Waals surface area (Å²) in [5.41, 5.74) is 6.94. The molecule has 22 heavy (non-hydrogen) atoms. The smallest absolute Gasteiger partial charge is 0.243 e. The minimum atomic E-state index is 0.0476. The summed E-state index contributed by atoms with van der Waals surface area (Å²) >= 11 is 0. The zero-order valence-corrected chi connectivity index (χ0v) is 12.6. The fourth-order valence-electron chi connectivity index (χ4n) is 3.53. The number of anilines is 1. The predicted molar refractivity (Wildman–Crippen MR) is 83.7 cm³/mol.